The molecule has 1 fully saturated rings. The number of likely N-dealkylation sites (tertiary alicyclic amines) is 1. The molecule has 126 valence electrons. The number of rotatable bonds is 5. The van der Waals surface area contributed by atoms with Gasteiger partial charge in [-0.3, -0.25) is 9.58 Å². The van der Waals surface area contributed by atoms with Gasteiger partial charge in [-0.25, -0.2) is 4.98 Å². The number of thiazole rings is 1. The van der Waals surface area contributed by atoms with Crippen LogP contribution in [-0.4, -0.2) is 43.1 Å². The molecular formula is C17H21N5OS. The molecule has 0 aliphatic carbocycles. The largest absolute Gasteiger partial charge is 0.390 e. The van der Waals surface area contributed by atoms with Crippen LogP contribution >= 0.6 is 11.3 Å². The summed E-state index contributed by atoms with van der Waals surface area (Å²) in [5.41, 5.74) is 1.74. The molecule has 0 unspecified atom stereocenters. The van der Waals surface area contributed by atoms with Gasteiger partial charge in [0.2, 0.25) is 0 Å². The van der Waals surface area contributed by atoms with Gasteiger partial charge in [0.05, 0.1) is 29.6 Å². The van der Waals surface area contributed by atoms with E-state index in [0.29, 0.717) is 11.6 Å². The van der Waals surface area contributed by atoms with Gasteiger partial charge < -0.3 is 5.11 Å². The highest BCUT2D eigenvalue weighted by atomic mass is 32.1. The molecule has 0 bridgehead atoms. The number of benzene rings is 1. The van der Waals surface area contributed by atoms with Crippen molar-refractivity contribution in [2.45, 2.75) is 32.5 Å². The summed E-state index contributed by atoms with van der Waals surface area (Å²) in [7, 11) is 0. The van der Waals surface area contributed by atoms with E-state index in [2.05, 4.69) is 33.4 Å². The van der Waals surface area contributed by atoms with Gasteiger partial charge >= 0.3 is 0 Å². The molecule has 4 rings (SSSR count). The Bertz CT molecular complexity index is 781. The molecule has 24 heavy (non-hydrogen) atoms. The van der Waals surface area contributed by atoms with Gasteiger partial charge in [0.1, 0.15) is 10.7 Å². The highest BCUT2D eigenvalue weighted by Gasteiger charge is 2.21. The third kappa shape index (κ3) is 3.48. The second-order valence-corrected chi connectivity index (χ2v) is 7.52. The molecule has 3 heterocycles. The van der Waals surface area contributed by atoms with Crippen LogP contribution in [0.15, 0.2) is 30.5 Å². The van der Waals surface area contributed by atoms with Crippen molar-refractivity contribution in [3.8, 4) is 0 Å². The number of aliphatic hydroxyl groups is 1. The molecule has 7 heteroatoms. The molecule has 1 aliphatic rings. The van der Waals surface area contributed by atoms with E-state index in [1.807, 2.05) is 16.9 Å². The molecule has 3 aromatic rings. The third-order valence-electron chi connectivity index (χ3n) is 4.49. The fraction of sp³-hybridized carbons (Fsp3) is 0.471. The van der Waals surface area contributed by atoms with Crippen LogP contribution in [0, 0.1) is 5.92 Å². The summed E-state index contributed by atoms with van der Waals surface area (Å²) in [6.45, 7) is 3.93. The van der Waals surface area contributed by atoms with Gasteiger partial charge in [-0.1, -0.05) is 17.3 Å². The van der Waals surface area contributed by atoms with Gasteiger partial charge in [0, 0.05) is 13.1 Å². The van der Waals surface area contributed by atoms with Crippen LogP contribution in [0.25, 0.3) is 10.2 Å². The van der Waals surface area contributed by atoms with Gasteiger partial charge in [-0.05, 0) is 37.4 Å². The molecule has 0 amide bonds. The highest BCUT2D eigenvalue weighted by Crippen LogP contribution is 2.25. The molecule has 1 saturated heterocycles. The lowest BCUT2D eigenvalue weighted by Gasteiger charge is -2.31. The Hall–Kier alpha value is -1.83. The maximum absolute atomic E-state index is 9.09. The second kappa shape index (κ2) is 6.96. The molecule has 0 radical (unpaired) electrons. The first-order chi connectivity index (χ1) is 11.8. The normalized spacial score (nSPS) is 19.1. The number of fused-ring (bicyclic) bond motifs is 1. The topological polar surface area (TPSA) is 67.1 Å². The number of hydrogen-bond donors (Lipinski definition) is 1. The molecule has 1 atom stereocenters. The second-order valence-electron chi connectivity index (χ2n) is 6.41. The number of aromatic nitrogens is 4. The van der Waals surface area contributed by atoms with E-state index in [9.17, 15) is 0 Å². The Morgan fingerprint density at radius 3 is 3.04 bits per heavy atom. The molecule has 1 aliphatic heterocycles. The Morgan fingerprint density at radius 1 is 1.29 bits per heavy atom. The molecule has 2 aromatic heterocycles. The zero-order valence-corrected chi connectivity index (χ0v) is 14.3. The minimum Gasteiger partial charge on any atom is -0.390 e. The van der Waals surface area contributed by atoms with Crippen LogP contribution in [0.1, 0.15) is 23.5 Å². The van der Waals surface area contributed by atoms with Crippen molar-refractivity contribution < 1.29 is 5.11 Å². The minimum atomic E-state index is -0.0472. The van der Waals surface area contributed by atoms with Crippen molar-refractivity contribution in [1.82, 2.24) is 24.9 Å². The van der Waals surface area contributed by atoms with E-state index in [1.165, 1.54) is 22.5 Å². The van der Waals surface area contributed by atoms with Gasteiger partial charge in [0.15, 0.2) is 0 Å². The monoisotopic (exact) mass is 343 g/mol. The maximum Gasteiger partial charge on any atom is 0.108 e. The SMILES string of the molecule is OCc1cn(C[C@H]2CCCN(Cc3nc4ccccc4s3)C2)nn1. The minimum absolute atomic E-state index is 0.0472. The Kier molecular flexibility index (Phi) is 4.55. The van der Waals surface area contributed by atoms with Crippen LogP contribution < -0.4 is 0 Å². The number of aliphatic hydroxyl groups excluding tert-OH is 1. The van der Waals surface area contributed by atoms with Crippen molar-refractivity contribution in [1.29, 1.82) is 0 Å². The summed E-state index contributed by atoms with van der Waals surface area (Å²) in [5.74, 6) is 0.571. The van der Waals surface area contributed by atoms with E-state index in [-0.39, 0.29) is 6.61 Å². The quantitative estimate of drug-likeness (QED) is 0.770. The van der Waals surface area contributed by atoms with Crippen molar-refractivity contribution in [3.63, 3.8) is 0 Å². The number of nitrogens with zero attached hydrogens (tertiary/aromatic N) is 5. The van der Waals surface area contributed by atoms with E-state index in [4.69, 9.17) is 10.1 Å². The first kappa shape index (κ1) is 15.7. The smallest absolute Gasteiger partial charge is 0.108 e. The predicted octanol–water partition coefficient (Wildman–Crippen LogP) is 2.29. The predicted molar refractivity (Wildman–Crippen MR) is 93.6 cm³/mol. The number of hydrogen-bond acceptors (Lipinski definition) is 6. The maximum atomic E-state index is 9.09. The molecule has 1 N–H and O–H groups in total. The van der Waals surface area contributed by atoms with Crippen molar-refractivity contribution >= 4 is 21.6 Å². The van der Waals surface area contributed by atoms with Crippen LogP contribution in [-0.2, 0) is 19.7 Å². The highest BCUT2D eigenvalue weighted by molar-refractivity contribution is 7.18. The van der Waals surface area contributed by atoms with Gasteiger partial charge in [0.25, 0.3) is 0 Å². The van der Waals surface area contributed by atoms with Crippen molar-refractivity contribution in [3.05, 3.63) is 41.2 Å². The summed E-state index contributed by atoms with van der Waals surface area (Å²) < 4.78 is 3.12. The Labute approximate surface area is 144 Å². The summed E-state index contributed by atoms with van der Waals surface area (Å²) in [6, 6.07) is 8.33. The van der Waals surface area contributed by atoms with Crippen LogP contribution in [0.3, 0.4) is 0 Å². The van der Waals surface area contributed by atoms with Crippen molar-refractivity contribution in [2.24, 2.45) is 5.92 Å². The van der Waals surface area contributed by atoms with E-state index >= 15 is 0 Å². The lowest BCUT2D eigenvalue weighted by atomic mass is 9.98. The fourth-order valence-electron chi connectivity index (χ4n) is 3.39. The average molecular weight is 343 g/mol. The first-order valence-electron chi connectivity index (χ1n) is 8.37. The van der Waals surface area contributed by atoms with E-state index < -0.39 is 0 Å². The Morgan fingerprint density at radius 2 is 2.21 bits per heavy atom. The summed E-state index contributed by atoms with van der Waals surface area (Å²) >= 11 is 1.79. The van der Waals surface area contributed by atoms with Crippen LogP contribution in [0.4, 0.5) is 0 Å². The van der Waals surface area contributed by atoms with E-state index in [1.54, 1.807) is 11.3 Å². The zero-order chi connectivity index (χ0) is 16.4. The summed E-state index contributed by atoms with van der Waals surface area (Å²) in [5, 5.41) is 18.3. The average Bonchev–Trinajstić information content (AvgIpc) is 3.21. The molecule has 0 saturated carbocycles. The van der Waals surface area contributed by atoms with Gasteiger partial charge in [-0.2, -0.15) is 0 Å². The molecule has 1 aromatic carbocycles. The lowest BCUT2D eigenvalue weighted by molar-refractivity contribution is 0.152. The van der Waals surface area contributed by atoms with Crippen molar-refractivity contribution in [2.75, 3.05) is 13.1 Å². The van der Waals surface area contributed by atoms with Crippen LogP contribution in [0.5, 0.6) is 0 Å². The molecule has 6 nitrogen and oxygen atoms in total. The van der Waals surface area contributed by atoms with Crippen LogP contribution in [0.2, 0.25) is 0 Å². The number of para-hydroxylation sites is 1. The number of piperidine rings is 1. The summed E-state index contributed by atoms with van der Waals surface area (Å²) in [6.07, 6.45) is 4.26. The summed E-state index contributed by atoms with van der Waals surface area (Å²) in [4.78, 5) is 7.25. The Balaban J connectivity index is 1.39. The zero-order valence-electron chi connectivity index (χ0n) is 13.5. The lowest BCUT2D eigenvalue weighted by Crippen LogP contribution is -2.36. The van der Waals surface area contributed by atoms with E-state index in [0.717, 1.165) is 31.7 Å². The fourth-order valence-corrected chi connectivity index (χ4v) is 4.40. The third-order valence-corrected chi connectivity index (χ3v) is 5.51. The standard InChI is InChI=1S/C17H21N5OS/c23-12-14-10-22(20-19-14)9-13-4-3-7-21(8-13)11-17-18-15-5-1-2-6-16(15)24-17/h1-2,5-6,10,13,23H,3-4,7-9,11-12H2/t13-/m0/s1. The first-order valence-corrected chi connectivity index (χ1v) is 9.18. The molecular weight excluding hydrogens is 322 g/mol. The molecule has 0 spiro atoms. The van der Waals surface area contributed by atoms with Gasteiger partial charge in [-0.15, -0.1) is 16.4 Å².